The van der Waals surface area contributed by atoms with E-state index in [0.29, 0.717) is 17.0 Å². The summed E-state index contributed by atoms with van der Waals surface area (Å²) in [5.74, 6) is -0.540. The number of pyridine rings is 1. The summed E-state index contributed by atoms with van der Waals surface area (Å²) in [6.07, 6.45) is 2.99. The standard InChI is InChI=1S/C17H15F3N4O.C9H16O2.C6H13NO2S/c1-11(2)24-22-15(12-6-4-3-5-7-12)16(23-24)13-8-9-14(21-10-13)25-17(18,19)20;1-7(2)9(10)11-8-5-3-4-6-8;1-5(2)7-10(8,9)6-3-4-6/h3-11H,1-2H3;7-8H,3-6H2,1-2H3;5-7H,3-4H2,1-2H3. The monoisotopic (exact) mass is 667 g/mol. The van der Waals surface area contributed by atoms with Gasteiger partial charge in [0.2, 0.25) is 15.9 Å². The number of benzene rings is 1. The summed E-state index contributed by atoms with van der Waals surface area (Å²) in [4.78, 5) is 16.4. The smallest absolute Gasteiger partial charge is 0.462 e. The maximum atomic E-state index is 12.3. The van der Waals surface area contributed by atoms with Crippen molar-refractivity contribution in [2.75, 3.05) is 0 Å². The van der Waals surface area contributed by atoms with E-state index in [2.05, 4.69) is 24.6 Å². The van der Waals surface area contributed by atoms with Crippen LogP contribution < -0.4 is 9.46 Å². The molecule has 0 aliphatic heterocycles. The highest BCUT2D eigenvalue weighted by molar-refractivity contribution is 7.90. The molecular weight excluding hydrogens is 623 g/mol. The number of alkyl halides is 3. The van der Waals surface area contributed by atoms with Crippen LogP contribution in [0, 0.1) is 5.92 Å². The molecule has 0 atom stereocenters. The number of halogens is 3. The summed E-state index contributed by atoms with van der Waals surface area (Å²) in [7, 11) is -2.94. The lowest BCUT2D eigenvalue weighted by molar-refractivity contribution is -0.276. The molecule has 2 saturated carbocycles. The zero-order valence-corrected chi connectivity index (χ0v) is 27.9. The van der Waals surface area contributed by atoms with E-state index in [0.717, 1.165) is 37.3 Å². The fraction of sp³-hybridized carbons (Fsp3) is 0.562. The Morgan fingerprint density at radius 1 is 0.891 bits per heavy atom. The lowest BCUT2D eigenvalue weighted by atomic mass is 10.1. The van der Waals surface area contributed by atoms with Crippen LogP contribution in [0.5, 0.6) is 5.88 Å². The van der Waals surface area contributed by atoms with E-state index in [9.17, 15) is 26.4 Å². The van der Waals surface area contributed by atoms with Crippen molar-refractivity contribution in [3.8, 4) is 28.4 Å². The average molecular weight is 668 g/mol. The number of nitrogens with zero attached hydrogens (tertiary/aromatic N) is 4. The van der Waals surface area contributed by atoms with E-state index >= 15 is 0 Å². The minimum absolute atomic E-state index is 0.0237. The molecule has 0 unspecified atom stereocenters. The van der Waals surface area contributed by atoms with Gasteiger partial charge in [0.05, 0.1) is 17.2 Å². The fourth-order valence-corrected chi connectivity index (χ4v) is 5.95. The van der Waals surface area contributed by atoms with Gasteiger partial charge < -0.3 is 9.47 Å². The Hall–Kier alpha value is -3.52. The van der Waals surface area contributed by atoms with Gasteiger partial charge in [0.25, 0.3) is 0 Å². The first-order chi connectivity index (χ1) is 21.6. The molecule has 2 fully saturated rings. The van der Waals surface area contributed by atoms with Gasteiger partial charge in [0, 0.05) is 29.4 Å². The predicted octanol–water partition coefficient (Wildman–Crippen LogP) is 7.09. The largest absolute Gasteiger partial charge is 0.574 e. The number of hydrogen-bond donors (Lipinski definition) is 1. The fourth-order valence-electron chi connectivity index (χ4n) is 4.35. The van der Waals surface area contributed by atoms with Crippen LogP contribution in [-0.2, 0) is 19.6 Å². The summed E-state index contributed by atoms with van der Waals surface area (Å²) in [5.41, 5.74) is 2.60. The third-order valence-corrected chi connectivity index (χ3v) is 8.94. The zero-order valence-electron chi connectivity index (χ0n) is 27.1. The lowest BCUT2D eigenvalue weighted by Crippen LogP contribution is -2.32. The van der Waals surface area contributed by atoms with Crippen LogP contribution in [0.4, 0.5) is 13.2 Å². The van der Waals surface area contributed by atoms with Gasteiger partial charge in [-0.1, -0.05) is 44.2 Å². The third-order valence-electron chi connectivity index (χ3n) is 6.79. The molecule has 5 rings (SSSR count). The highest BCUT2D eigenvalue weighted by Gasteiger charge is 2.35. The third kappa shape index (κ3) is 12.0. The first kappa shape index (κ1) is 36.9. The number of carbonyl (C=O) groups excluding carboxylic acids is 1. The molecule has 0 amide bonds. The Morgan fingerprint density at radius 2 is 1.48 bits per heavy atom. The van der Waals surface area contributed by atoms with E-state index in [1.807, 2.05) is 71.9 Å². The summed E-state index contributed by atoms with van der Waals surface area (Å²) in [6.45, 7) is 11.3. The van der Waals surface area contributed by atoms with Gasteiger partial charge in [-0.25, -0.2) is 18.1 Å². The second-order valence-electron chi connectivity index (χ2n) is 12.1. The molecule has 0 radical (unpaired) electrons. The Balaban J connectivity index is 0.000000225. The zero-order chi connectivity index (χ0) is 34.1. The molecule has 14 heteroatoms. The lowest BCUT2D eigenvalue weighted by Gasteiger charge is -2.12. The van der Waals surface area contributed by atoms with Crippen LogP contribution in [0.1, 0.15) is 86.1 Å². The van der Waals surface area contributed by atoms with E-state index in [4.69, 9.17) is 4.74 Å². The molecule has 0 saturated heterocycles. The molecule has 254 valence electrons. The number of aromatic nitrogens is 4. The van der Waals surface area contributed by atoms with E-state index in [1.54, 1.807) is 4.80 Å². The first-order valence-electron chi connectivity index (χ1n) is 15.5. The normalized spacial score (nSPS) is 15.3. The van der Waals surface area contributed by atoms with Crippen molar-refractivity contribution < 1.29 is 35.9 Å². The number of ether oxygens (including phenoxy) is 2. The number of carbonyl (C=O) groups is 1. The molecule has 2 aromatic heterocycles. The van der Waals surface area contributed by atoms with Crippen LogP contribution in [0.15, 0.2) is 48.7 Å². The van der Waals surface area contributed by atoms with Gasteiger partial charge in [0.1, 0.15) is 17.5 Å². The van der Waals surface area contributed by atoms with Crippen molar-refractivity contribution in [3.63, 3.8) is 0 Å². The maximum Gasteiger partial charge on any atom is 0.574 e. The van der Waals surface area contributed by atoms with Crippen molar-refractivity contribution in [2.45, 2.75) is 110 Å². The van der Waals surface area contributed by atoms with Crippen molar-refractivity contribution in [1.29, 1.82) is 0 Å². The van der Waals surface area contributed by atoms with Crippen molar-refractivity contribution in [1.82, 2.24) is 24.7 Å². The molecule has 2 heterocycles. The first-order valence-corrected chi connectivity index (χ1v) is 17.1. The number of rotatable bonds is 9. The summed E-state index contributed by atoms with van der Waals surface area (Å²) in [6, 6.07) is 12.2. The van der Waals surface area contributed by atoms with Crippen LogP contribution in [0.25, 0.3) is 22.5 Å². The van der Waals surface area contributed by atoms with Crippen LogP contribution in [0.3, 0.4) is 0 Å². The molecule has 0 spiro atoms. The highest BCUT2D eigenvalue weighted by Crippen LogP contribution is 2.31. The van der Waals surface area contributed by atoms with Crippen LogP contribution >= 0.6 is 0 Å². The molecule has 0 bridgehead atoms. The van der Waals surface area contributed by atoms with Crippen molar-refractivity contribution in [2.24, 2.45) is 5.92 Å². The Kier molecular flexibility index (Phi) is 13.1. The van der Waals surface area contributed by atoms with Gasteiger partial charge in [-0.3, -0.25) is 4.79 Å². The highest BCUT2D eigenvalue weighted by atomic mass is 32.2. The van der Waals surface area contributed by atoms with Crippen LogP contribution in [-0.4, -0.2) is 58.1 Å². The second kappa shape index (κ2) is 16.3. The number of nitrogens with one attached hydrogen (secondary N) is 1. The molecular formula is C32H44F3N5O5S. The van der Waals surface area contributed by atoms with Gasteiger partial charge in [-0.15, -0.1) is 13.2 Å². The van der Waals surface area contributed by atoms with Crippen LogP contribution in [0.2, 0.25) is 0 Å². The number of hydrogen-bond acceptors (Lipinski definition) is 8. The van der Waals surface area contributed by atoms with E-state index in [1.165, 1.54) is 25.1 Å². The molecule has 3 aromatic rings. The average Bonchev–Trinajstić information content (AvgIpc) is 3.55. The van der Waals surface area contributed by atoms with Crippen molar-refractivity contribution >= 4 is 16.0 Å². The van der Waals surface area contributed by atoms with Gasteiger partial charge in [-0.05, 0) is 72.3 Å². The minimum Gasteiger partial charge on any atom is -0.462 e. The molecule has 10 nitrogen and oxygen atoms in total. The second-order valence-corrected chi connectivity index (χ2v) is 14.1. The SMILES string of the molecule is CC(C)C(=O)OC1CCCC1.CC(C)NS(=O)(=O)C1CC1.CC(C)n1nc(-c2ccccc2)c(-c2ccc(OC(F)(F)F)nc2)n1. The molecule has 46 heavy (non-hydrogen) atoms. The number of sulfonamides is 1. The van der Waals surface area contributed by atoms with Gasteiger partial charge in [0.15, 0.2) is 0 Å². The summed E-state index contributed by atoms with van der Waals surface area (Å²) < 4.78 is 70.5. The van der Waals surface area contributed by atoms with Gasteiger partial charge in [-0.2, -0.15) is 15.0 Å². The molecule has 1 aromatic carbocycles. The van der Waals surface area contributed by atoms with Crippen molar-refractivity contribution in [3.05, 3.63) is 48.7 Å². The van der Waals surface area contributed by atoms with E-state index < -0.39 is 22.3 Å². The quantitative estimate of drug-likeness (QED) is 0.240. The number of esters is 1. The predicted molar refractivity (Wildman–Crippen MR) is 169 cm³/mol. The molecule has 2 aliphatic carbocycles. The molecule has 2 aliphatic rings. The van der Waals surface area contributed by atoms with Gasteiger partial charge >= 0.3 is 12.3 Å². The Labute approximate surface area is 269 Å². The Morgan fingerprint density at radius 3 is 1.93 bits per heavy atom. The summed E-state index contributed by atoms with van der Waals surface area (Å²) >= 11 is 0. The summed E-state index contributed by atoms with van der Waals surface area (Å²) in [5, 5.41) is 8.88. The Bertz CT molecular complexity index is 1480. The topological polar surface area (TPSA) is 125 Å². The van der Waals surface area contributed by atoms with E-state index in [-0.39, 0.29) is 35.3 Å². The minimum atomic E-state index is -4.77. The maximum absolute atomic E-state index is 12.3. The molecule has 1 N–H and O–H groups in total.